The van der Waals surface area contributed by atoms with Crippen molar-refractivity contribution in [2.24, 2.45) is 0 Å². The third-order valence-corrected chi connectivity index (χ3v) is 5.53. The normalized spacial score (nSPS) is 15.5. The van der Waals surface area contributed by atoms with Crippen molar-refractivity contribution in [2.75, 3.05) is 13.1 Å². The van der Waals surface area contributed by atoms with Crippen LogP contribution < -0.4 is 5.32 Å². The van der Waals surface area contributed by atoms with Crippen molar-refractivity contribution in [1.29, 1.82) is 0 Å². The summed E-state index contributed by atoms with van der Waals surface area (Å²) in [5.74, 6) is -4.14. The Bertz CT molecular complexity index is 994. The van der Waals surface area contributed by atoms with Gasteiger partial charge in [0, 0.05) is 18.7 Å². The number of alkyl halides is 2. The molecule has 2 aromatic rings. The maximum Gasteiger partial charge on any atom is 0.293 e. The zero-order chi connectivity index (χ0) is 21.7. The van der Waals surface area contributed by atoms with E-state index >= 15 is 0 Å². The zero-order valence-electron chi connectivity index (χ0n) is 15.3. The quantitative estimate of drug-likeness (QED) is 0.596. The Kier molecular flexibility index (Phi) is 7.27. The van der Waals surface area contributed by atoms with Gasteiger partial charge >= 0.3 is 0 Å². The van der Waals surface area contributed by atoms with Crippen LogP contribution in [-0.4, -0.2) is 40.8 Å². The highest BCUT2D eigenvalue weighted by molar-refractivity contribution is 8.18. The minimum Gasteiger partial charge on any atom is -0.455 e. The monoisotopic (exact) mass is 456 g/mol. The van der Waals surface area contributed by atoms with E-state index in [-0.39, 0.29) is 40.8 Å². The largest absolute Gasteiger partial charge is 0.455 e. The topological polar surface area (TPSA) is 79.6 Å². The highest BCUT2D eigenvalue weighted by atomic mass is 32.2. The molecule has 11 heteroatoms. The van der Waals surface area contributed by atoms with Gasteiger partial charge in [0.05, 0.1) is 10.7 Å². The number of nitrogens with one attached hydrogen (secondary N) is 1. The van der Waals surface area contributed by atoms with Crippen LogP contribution in [0.25, 0.3) is 6.08 Å². The Labute approximate surface area is 177 Å². The molecule has 0 bridgehead atoms. The molecule has 1 saturated heterocycles. The summed E-state index contributed by atoms with van der Waals surface area (Å²) in [5.41, 5.74) is 0.190. The second kappa shape index (κ2) is 9.90. The van der Waals surface area contributed by atoms with Crippen LogP contribution >= 0.6 is 23.5 Å². The average molecular weight is 456 g/mol. The molecule has 2 heterocycles. The molecular formula is C19H15F3N2O4S2. The fourth-order valence-corrected chi connectivity index (χ4v) is 3.82. The molecule has 0 spiro atoms. The molecule has 1 N–H and O–H groups in total. The molecule has 0 aliphatic carbocycles. The second-order valence-electron chi connectivity index (χ2n) is 5.95. The van der Waals surface area contributed by atoms with E-state index in [9.17, 15) is 27.6 Å². The molecule has 1 aromatic carbocycles. The lowest BCUT2D eigenvalue weighted by molar-refractivity contribution is -0.122. The summed E-state index contributed by atoms with van der Waals surface area (Å²) < 4.78 is 43.3. The summed E-state index contributed by atoms with van der Waals surface area (Å²) in [6.07, 6.45) is 1.31. The molecule has 3 amide bonds. The van der Waals surface area contributed by atoms with Crippen LogP contribution in [-0.2, 0) is 10.5 Å². The maximum absolute atomic E-state index is 13.7. The van der Waals surface area contributed by atoms with E-state index in [1.807, 2.05) is 0 Å². The average Bonchev–Trinajstić information content (AvgIpc) is 3.28. The van der Waals surface area contributed by atoms with Crippen LogP contribution in [0.5, 0.6) is 0 Å². The van der Waals surface area contributed by atoms with E-state index in [0.717, 1.165) is 4.90 Å². The van der Waals surface area contributed by atoms with E-state index in [4.69, 9.17) is 4.42 Å². The molecule has 6 nitrogen and oxygen atoms in total. The minimum atomic E-state index is -2.54. The molecule has 0 unspecified atom stereocenters. The van der Waals surface area contributed by atoms with Gasteiger partial charge < -0.3 is 9.73 Å². The molecule has 30 heavy (non-hydrogen) atoms. The SMILES string of the molecule is O=C(NCCN1C(=O)SC(=Cc2ccccc2F)C1=O)c1ccc(CSC(F)F)o1. The molecular weight excluding hydrogens is 441 g/mol. The number of furan rings is 1. The lowest BCUT2D eigenvalue weighted by Crippen LogP contribution is -2.37. The van der Waals surface area contributed by atoms with E-state index in [1.165, 1.54) is 36.4 Å². The van der Waals surface area contributed by atoms with Crippen LogP contribution in [0.4, 0.5) is 18.0 Å². The van der Waals surface area contributed by atoms with Crippen molar-refractivity contribution < 1.29 is 32.0 Å². The third-order valence-electron chi connectivity index (χ3n) is 3.92. The van der Waals surface area contributed by atoms with Crippen LogP contribution in [0.1, 0.15) is 21.9 Å². The smallest absolute Gasteiger partial charge is 0.293 e. The van der Waals surface area contributed by atoms with Crippen molar-refractivity contribution in [1.82, 2.24) is 10.2 Å². The summed E-state index contributed by atoms with van der Waals surface area (Å²) in [4.78, 5) is 37.6. The van der Waals surface area contributed by atoms with Crippen LogP contribution in [0.15, 0.2) is 45.7 Å². The van der Waals surface area contributed by atoms with Crippen molar-refractivity contribution in [3.8, 4) is 0 Å². The number of halogens is 3. The highest BCUT2D eigenvalue weighted by Gasteiger charge is 2.34. The first kappa shape index (κ1) is 22.0. The standard InChI is InChI=1S/C19H15F3N2O4S2/c20-13-4-2-1-3-11(13)9-15-17(26)24(19(27)30-15)8-7-23-16(25)14-6-5-12(28-14)10-29-18(21)22/h1-6,9,18H,7-8,10H2,(H,23,25). The molecule has 1 fully saturated rings. The van der Waals surface area contributed by atoms with Crippen molar-refractivity contribution in [3.05, 3.63) is 64.2 Å². The van der Waals surface area contributed by atoms with Crippen molar-refractivity contribution >= 4 is 46.7 Å². The Morgan fingerprint density at radius 1 is 1.23 bits per heavy atom. The summed E-state index contributed by atoms with van der Waals surface area (Å²) in [5, 5.41) is 1.97. The van der Waals surface area contributed by atoms with Crippen molar-refractivity contribution in [3.63, 3.8) is 0 Å². The maximum atomic E-state index is 13.7. The van der Waals surface area contributed by atoms with Crippen LogP contribution in [0.2, 0.25) is 0 Å². The molecule has 1 aliphatic heterocycles. The van der Waals surface area contributed by atoms with E-state index in [0.29, 0.717) is 23.5 Å². The Morgan fingerprint density at radius 2 is 2.00 bits per heavy atom. The first-order valence-electron chi connectivity index (χ1n) is 8.61. The molecule has 158 valence electrons. The van der Waals surface area contributed by atoms with Gasteiger partial charge in [0.15, 0.2) is 5.76 Å². The lowest BCUT2D eigenvalue weighted by Gasteiger charge is -2.12. The van der Waals surface area contributed by atoms with Gasteiger partial charge in [-0.05, 0) is 36.0 Å². The Hall–Kier alpha value is -2.66. The highest BCUT2D eigenvalue weighted by Crippen LogP contribution is 2.32. The van der Waals surface area contributed by atoms with Gasteiger partial charge in [0.1, 0.15) is 11.6 Å². The summed E-state index contributed by atoms with van der Waals surface area (Å²) in [6.45, 7) is -0.120. The minimum absolute atomic E-state index is 0.0360. The van der Waals surface area contributed by atoms with Gasteiger partial charge in [-0.2, -0.15) is 8.78 Å². The molecule has 0 saturated carbocycles. The number of nitrogens with zero attached hydrogens (tertiary/aromatic N) is 1. The number of carbonyl (C=O) groups excluding carboxylic acids is 3. The number of amides is 3. The van der Waals surface area contributed by atoms with Gasteiger partial charge in [-0.1, -0.05) is 30.0 Å². The second-order valence-corrected chi connectivity index (χ2v) is 7.92. The fourth-order valence-electron chi connectivity index (χ4n) is 2.52. The zero-order valence-corrected chi connectivity index (χ0v) is 16.9. The first-order chi connectivity index (χ1) is 14.3. The number of thioether (sulfide) groups is 2. The summed E-state index contributed by atoms with van der Waals surface area (Å²) in [7, 11) is 0. The number of imide groups is 1. The number of hydrogen-bond acceptors (Lipinski definition) is 6. The summed E-state index contributed by atoms with van der Waals surface area (Å²) >= 11 is 1.06. The number of rotatable bonds is 8. The van der Waals surface area contributed by atoms with Gasteiger partial charge in [0.25, 0.3) is 22.8 Å². The number of carbonyl (C=O) groups is 3. The van der Waals surface area contributed by atoms with Gasteiger partial charge in [0.2, 0.25) is 0 Å². The summed E-state index contributed by atoms with van der Waals surface area (Å²) in [6, 6.07) is 8.64. The van der Waals surface area contributed by atoms with Crippen LogP contribution in [0.3, 0.4) is 0 Å². The van der Waals surface area contributed by atoms with Gasteiger partial charge in [-0.25, -0.2) is 4.39 Å². The van der Waals surface area contributed by atoms with Gasteiger partial charge in [-0.3, -0.25) is 19.3 Å². The molecule has 1 aliphatic rings. The lowest BCUT2D eigenvalue weighted by atomic mass is 10.2. The Morgan fingerprint density at radius 3 is 2.73 bits per heavy atom. The number of hydrogen-bond donors (Lipinski definition) is 1. The number of benzene rings is 1. The molecule has 0 atom stereocenters. The Balaban J connectivity index is 1.53. The third kappa shape index (κ3) is 5.48. The predicted molar refractivity (Wildman–Crippen MR) is 107 cm³/mol. The molecule has 3 rings (SSSR count). The molecule has 0 radical (unpaired) electrons. The fraction of sp³-hybridized carbons (Fsp3) is 0.211. The first-order valence-corrected chi connectivity index (χ1v) is 10.5. The van der Waals surface area contributed by atoms with E-state index in [1.54, 1.807) is 6.07 Å². The van der Waals surface area contributed by atoms with Crippen LogP contribution in [0, 0.1) is 5.82 Å². The van der Waals surface area contributed by atoms with E-state index < -0.39 is 28.6 Å². The van der Waals surface area contributed by atoms with E-state index in [2.05, 4.69) is 5.32 Å². The predicted octanol–water partition coefficient (Wildman–Crippen LogP) is 4.34. The molecule has 1 aromatic heterocycles. The van der Waals surface area contributed by atoms with Gasteiger partial charge in [-0.15, -0.1) is 0 Å². The van der Waals surface area contributed by atoms with Crippen molar-refractivity contribution in [2.45, 2.75) is 11.5 Å².